The Kier molecular flexibility index (Phi) is 2.21. The molecule has 0 unspecified atom stereocenters. The smallest absolute Gasteiger partial charge is 0.284 e. The number of benzene rings is 1. The van der Waals surface area contributed by atoms with Gasteiger partial charge in [0.05, 0.1) is 5.52 Å². The summed E-state index contributed by atoms with van der Waals surface area (Å²) in [5.74, 6) is 0. The van der Waals surface area contributed by atoms with Crippen molar-refractivity contribution in [3.05, 3.63) is 40.7 Å². The number of fused-ring (bicyclic) bond motifs is 1. The molecule has 0 aliphatic rings. The quantitative estimate of drug-likeness (QED) is 0.716. The van der Waals surface area contributed by atoms with Gasteiger partial charge in [-0.15, -0.1) is 17.4 Å². The van der Waals surface area contributed by atoms with E-state index in [2.05, 4.69) is 12.6 Å². The first kappa shape index (κ1) is 9.15. The predicted octanol–water partition coefficient (Wildman–Crippen LogP) is 1.35. The Morgan fingerprint density at radius 2 is 2.07 bits per heavy atom. The third-order valence-electron chi connectivity index (χ3n) is 2.04. The molecule has 0 bridgehead atoms. The Morgan fingerprint density at radius 3 is 2.79 bits per heavy atom. The molecule has 72 valence electrons. The molecule has 1 aromatic heterocycles. The van der Waals surface area contributed by atoms with Crippen molar-refractivity contribution in [1.29, 1.82) is 0 Å². The predicted molar refractivity (Wildman–Crippen MR) is 58.0 cm³/mol. The Hall–Kier alpha value is -1.42. The largest absolute Gasteiger partial charge is 0.413 e. The fraction of sp³-hybridized carbons (Fsp3) is 0.100. The summed E-state index contributed by atoms with van der Waals surface area (Å²) in [5, 5.41) is 0.900. The van der Waals surface area contributed by atoms with Crippen LogP contribution >= 0.6 is 12.6 Å². The number of rotatable bonds is 1. The van der Waals surface area contributed by atoms with E-state index in [1.807, 2.05) is 24.3 Å². The minimum absolute atomic E-state index is 0.212. The van der Waals surface area contributed by atoms with Gasteiger partial charge in [-0.1, -0.05) is 18.2 Å². The van der Waals surface area contributed by atoms with Crippen molar-refractivity contribution >= 4 is 23.5 Å². The molecule has 4 heteroatoms. The molecule has 14 heavy (non-hydrogen) atoms. The molecule has 0 atom stereocenters. The van der Waals surface area contributed by atoms with Crippen LogP contribution in [0.2, 0.25) is 0 Å². The molecule has 0 radical (unpaired) electrons. The summed E-state index contributed by atoms with van der Waals surface area (Å²) >= 11 is 4.24. The van der Waals surface area contributed by atoms with Gasteiger partial charge in [0.15, 0.2) is 0 Å². The highest BCUT2D eigenvalue weighted by atomic mass is 32.1. The maximum Gasteiger partial charge on any atom is 0.284 e. The van der Waals surface area contributed by atoms with E-state index in [-0.39, 0.29) is 5.56 Å². The van der Waals surface area contributed by atoms with Crippen molar-refractivity contribution in [2.45, 2.75) is 4.90 Å². The number of thiol groups is 1. The molecule has 0 N–H and O–H groups in total. The first-order valence-corrected chi connectivity index (χ1v) is 4.57. The van der Waals surface area contributed by atoms with E-state index in [0.29, 0.717) is 4.90 Å². The van der Waals surface area contributed by atoms with E-state index >= 15 is 0 Å². The topological polar surface area (TPSA) is 31.2 Å². The molecule has 0 aliphatic carbocycles. The average molecular weight is 207 g/mol. The molecule has 0 aliphatic heterocycles. The van der Waals surface area contributed by atoms with E-state index < -0.39 is 0 Å². The van der Waals surface area contributed by atoms with Crippen LogP contribution in [0.3, 0.4) is 0 Å². The van der Waals surface area contributed by atoms with Crippen LogP contribution in [0.15, 0.2) is 40.0 Å². The van der Waals surface area contributed by atoms with Gasteiger partial charge in [0.1, 0.15) is 7.11 Å². The minimum Gasteiger partial charge on any atom is -0.413 e. The van der Waals surface area contributed by atoms with Gasteiger partial charge in [-0.05, 0) is 6.07 Å². The Labute approximate surface area is 86.3 Å². The van der Waals surface area contributed by atoms with E-state index in [0.717, 1.165) is 10.9 Å². The van der Waals surface area contributed by atoms with Crippen LogP contribution < -0.4 is 10.4 Å². The number of aromatic nitrogens is 1. The zero-order chi connectivity index (χ0) is 10.1. The van der Waals surface area contributed by atoms with Crippen LogP contribution in [0, 0.1) is 0 Å². The van der Waals surface area contributed by atoms with Gasteiger partial charge in [0.2, 0.25) is 0 Å². The SMILES string of the molecule is COn1c(=O)cc(S)c2ccccc21. The average Bonchev–Trinajstić information content (AvgIpc) is 2.18. The Balaban J connectivity index is 2.98. The van der Waals surface area contributed by atoms with Gasteiger partial charge in [0.25, 0.3) is 5.56 Å². The lowest BCUT2D eigenvalue weighted by Gasteiger charge is -2.08. The highest BCUT2D eigenvalue weighted by Crippen LogP contribution is 2.18. The summed E-state index contributed by atoms with van der Waals surface area (Å²) in [4.78, 5) is 17.1. The first-order chi connectivity index (χ1) is 6.74. The molecule has 0 saturated heterocycles. The second-order valence-electron chi connectivity index (χ2n) is 2.86. The molecule has 2 aromatic rings. The fourth-order valence-electron chi connectivity index (χ4n) is 1.43. The molecule has 0 spiro atoms. The molecule has 3 nitrogen and oxygen atoms in total. The zero-order valence-electron chi connectivity index (χ0n) is 7.60. The summed E-state index contributed by atoms with van der Waals surface area (Å²) in [5.41, 5.74) is 0.517. The summed E-state index contributed by atoms with van der Waals surface area (Å²) < 4.78 is 1.25. The maximum atomic E-state index is 11.5. The maximum absolute atomic E-state index is 11.5. The third kappa shape index (κ3) is 1.28. The van der Waals surface area contributed by atoms with Gasteiger partial charge in [0, 0.05) is 16.3 Å². The van der Waals surface area contributed by atoms with Crippen LogP contribution in [0.4, 0.5) is 0 Å². The van der Waals surface area contributed by atoms with Crippen molar-refractivity contribution in [1.82, 2.24) is 4.73 Å². The van der Waals surface area contributed by atoms with Crippen molar-refractivity contribution in [3.63, 3.8) is 0 Å². The molecule has 1 aromatic carbocycles. The van der Waals surface area contributed by atoms with Crippen LogP contribution in [-0.2, 0) is 0 Å². The zero-order valence-corrected chi connectivity index (χ0v) is 8.49. The molecular weight excluding hydrogens is 198 g/mol. The van der Waals surface area contributed by atoms with E-state index in [1.54, 1.807) is 0 Å². The summed E-state index contributed by atoms with van der Waals surface area (Å²) in [6, 6.07) is 8.90. The van der Waals surface area contributed by atoms with Crippen molar-refractivity contribution in [2.75, 3.05) is 7.11 Å². The fourth-order valence-corrected chi connectivity index (χ4v) is 1.73. The van der Waals surface area contributed by atoms with Gasteiger partial charge >= 0.3 is 0 Å². The standard InChI is InChI=1S/C10H9NO2S/c1-13-11-8-5-3-2-4-7(8)9(14)6-10(11)12/h2-6,14H,1H3. The first-order valence-electron chi connectivity index (χ1n) is 4.12. The number of hydrogen-bond donors (Lipinski definition) is 1. The second kappa shape index (κ2) is 3.38. The van der Waals surface area contributed by atoms with E-state index in [1.165, 1.54) is 17.9 Å². The van der Waals surface area contributed by atoms with E-state index in [9.17, 15) is 4.79 Å². The summed E-state index contributed by atoms with van der Waals surface area (Å²) in [6.45, 7) is 0. The van der Waals surface area contributed by atoms with Crippen molar-refractivity contribution < 1.29 is 4.84 Å². The monoisotopic (exact) mass is 207 g/mol. The van der Waals surface area contributed by atoms with Crippen LogP contribution in [-0.4, -0.2) is 11.8 Å². The number of hydrogen-bond acceptors (Lipinski definition) is 3. The third-order valence-corrected chi connectivity index (χ3v) is 2.41. The Bertz CT molecular complexity index is 533. The summed E-state index contributed by atoms with van der Waals surface area (Å²) in [7, 11) is 1.46. The molecule has 0 fully saturated rings. The van der Waals surface area contributed by atoms with Gasteiger partial charge in [-0.25, -0.2) is 0 Å². The number of para-hydroxylation sites is 1. The highest BCUT2D eigenvalue weighted by molar-refractivity contribution is 7.80. The normalized spacial score (nSPS) is 10.4. The number of pyridine rings is 1. The number of nitrogens with zero attached hydrogens (tertiary/aromatic N) is 1. The van der Waals surface area contributed by atoms with Gasteiger partial charge in [-0.3, -0.25) is 4.79 Å². The van der Waals surface area contributed by atoms with Gasteiger partial charge < -0.3 is 4.84 Å². The molecule has 0 saturated carbocycles. The highest BCUT2D eigenvalue weighted by Gasteiger charge is 2.05. The van der Waals surface area contributed by atoms with Crippen molar-refractivity contribution in [2.24, 2.45) is 0 Å². The second-order valence-corrected chi connectivity index (χ2v) is 3.34. The molecule has 2 rings (SSSR count). The molecule has 0 amide bonds. The summed E-state index contributed by atoms with van der Waals surface area (Å²) in [6.07, 6.45) is 0. The van der Waals surface area contributed by atoms with Crippen LogP contribution in [0.5, 0.6) is 0 Å². The minimum atomic E-state index is -0.212. The van der Waals surface area contributed by atoms with Crippen molar-refractivity contribution in [3.8, 4) is 0 Å². The lowest BCUT2D eigenvalue weighted by Crippen LogP contribution is -2.24. The van der Waals surface area contributed by atoms with Crippen LogP contribution in [0.25, 0.3) is 10.9 Å². The molecular formula is C10H9NO2S. The van der Waals surface area contributed by atoms with E-state index in [4.69, 9.17) is 4.84 Å². The lowest BCUT2D eigenvalue weighted by molar-refractivity contribution is 0.169. The Morgan fingerprint density at radius 1 is 1.36 bits per heavy atom. The lowest BCUT2D eigenvalue weighted by atomic mass is 10.2. The van der Waals surface area contributed by atoms with Crippen LogP contribution in [0.1, 0.15) is 0 Å². The molecule has 1 heterocycles. The van der Waals surface area contributed by atoms with Gasteiger partial charge in [-0.2, -0.15) is 0 Å².